The summed E-state index contributed by atoms with van der Waals surface area (Å²) < 4.78 is 13.2. The number of para-hydroxylation sites is 2. The van der Waals surface area contributed by atoms with Crippen LogP contribution in [0.3, 0.4) is 0 Å². The highest BCUT2D eigenvalue weighted by molar-refractivity contribution is 5.87. The zero-order valence-corrected chi connectivity index (χ0v) is 18.1. The van der Waals surface area contributed by atoms with E-state index < -0.39 is 0 Å². The van der Waals surface area contributed by atoms with Crippen molar-refractivity contribution in [2.75, 3.05) is 20.3 Å². The van der Waals surface area contributed by atoms with Crippen LogP contribution in [0.15, 0.2) is 54.7 Å². The predicted molar refractivity (Wildman–Crippen MR) is 121 cm³/mol. The SMILES string of the molecule is COCCn1ccc2c(OCC(=O)N[C@H](c3nc4ccccc4[nH]3)C(C)C)cccc21. The van der Waals surface area contributed by atoms with E-state index in [1.54, 1.807) is 7.11 Å². The highest BCUT2D eigenvalue weighted by Crippen LogP contribution is 2.27. The van der Waals surface area contributed by atoms with E-state index in [1.807, 2.05) is 54.7 Å². The number of carbonyl (C=O) groups is 1. The molecule has 31 heavy (non-hydrogen) atoms. The minimum Gasteiger partial charge on any atom is -0.483 e. The van der Waals surface area contributed by atoms with Crippen LogP contribution >= 0.6 is 0 Å². The number of carbonyl (C=O) groups excluding carboxylic acids is 1. The fraction of sp³-hybridized carbons (Fsp3) is 0.333. The normalized spacial score (nSPS) is 12.5. The fourth-order valence-corrected chi connectivity index (χ4v) is 3.73. The van der Waals surface area contributed by atoms with Crippen molar-refractivity contribution < 1.29 is 14.3 Å². The van der Waals surface area contributed by atoms with Crippen LogP contribution < -0.4 is 10.1 Å². The van der Waals surface area contributed by atoms with Gasteiger partial charge in [-0.3, -0.25) is 4.79 Å². The number of hydrogen-bond donors (Lipinski definition) is 2. The topological polar surface area (TPSA) is 81.2 Å². The van der Waals surface area contributed by atoms with Crippen LogP contribution in [0.25, 0.3) is 21.9 Å². The minimum atomic E-state index is -0.227. The maximum Gasteiger partial charge on any atom is 0.258 e. The van der Waals surface area contributed by atoms with E-state index in [0.717, 1.165) is 34.3 Å². The maximum atomic E-state index is 12.7. The van der Waals surface area contributed by atoms with Gasteiger partial charge in [0.1, 0.15) is 11.6 Å². The third kappa shape index (κ3) is 4.56. The van der Waals surface area contributed by atoms with Gasteiger partial charge in [0.2, 0.25) is 0 Å². The maximum absolute atomic E-state index is 12.7. The number of ether oxygens (including phenoxy) is 2. The van der Waals surface area contributed by atoms with Crippen molar-refractivity contribution in [3.05, 3.63) is 60.6 Å². The summed E-state index contributed by atoms with van der Waals surface area (Å²) in [6.07, 6.45) is 2.01. The van der Waals surface area contributed by atoms with Gasteiger partial charge < -0.3 is 24.3 Å². The summed E-state index contributed by atoms with van der Waals surface area (Å²) in [7, 11) is 1.69. The van der Waals surface area contributed by atoms with E-state index in [0.29, 0.717) is 12.4 Å². The Hall–Kier alpha value is -3.32. The Balaban J connectivity index is 1.45. The van der Waals surface area contributed by atoms with E-state index in [-0.39, 0.29) is 24.5 Å². The zero-order chi connectivity index (χ0) is 21.8. The molecule has 0 fully saturated rings. The largest absolute Gasteiger partial charge is 0.483 e. The van der Waals surface area contributed by atoms with E-state index >= 15 is 0 Å². The van der Waals surface area contributed by atoms with E-state index in [1.165, 1.54) is 0 Å². The Morgan fingerprint density at radius 3 is 2.77 bits per heavy atom. The molecule has 0 saturated heterocycles. The van der Waals surface area contributed by atoms with Crippen LogP contribution in [0.5, 0.6) is 5.75 Å². The molecule has 0 aliphatic rings. The molecule has 1 amide bonds. The van der Waals surface area contributed by atoms with Gasteiger partial charge in [-0.05, 0) is 36.2 Å². The molecular weight excluding hydrogens is 392 g/mol. The Labute approximate surface area is 181 Å². The van der Waals surface area contributed by atoms with Gasteiger partial charge in [0.15, 0.2) is 6.61 Å². The standard InChI is InChI=1S/C24H28N4O3/c1-16(2)23(24-25-18-7-4-5-8-19(18)26-24)27-22(29)15-31-21-10-6-9-20-17(21)11-12-28(20)13-14-30-3/h4-12,16,23H,13-15H2,1-3H3,(H,25,26)(H,27,29)/t23-/m0/s1. The van der Waals surface area contributed by atoms with Gasteiger partial charge in [-0.25, -0.2) is 4.98 Å². The molecule has 0 aliphatic heterocycles. The number of H-pyrrole nitrogens is 1. The number of imidazole rings is 1. The van der Waals surface area contributed by atoms with Gasteiger partial charge in [-0.2, -0.15) is 0 Å². The summed E-state index contributed by atoms with van der Waals surface area (Å²) in [6, 6.07) is 15.5. The Morgan fingerprint density at radius 1 is 1.16 bits per heavy atom. The minimum absolute atomic E-state index is 0.0637. The van der Waals surface area contributed by atoms with Gasteiger partial charge in [0, 0.05) is 25.2 Å². The van der Waals surface area contributed by atoms with E-state index in [4.69, 9.17) is 9.47 Å². The van der Waals surface area contributed by atoms with Crippen molar-refractivity contribution in [2.24, 2.45) is 5.92 Å². The number of aromatic amines is 1. The number of aromatic nitrogens is 3. The van der Waals surface area contributed by atoms with Crippen LogP contribution in [-0.4, -0.2) is 40.8 Å². The van der Waals surface area contributed by atoms with Crippen molar-refractivity contribution in [1.82, 2.24) is 19.9 Å². The van der Waals surface area contributed by atoms with Crippen LogP contribution in [0, 0.1) is 5.92 Å². The molecular formula is C24H28N4O3. The molecule has 4 rings (SSSR count). The molecule has 0 bridgehead atoms. The zero-order valence-electron chi connectivity index (χ0n) is 18.1. The number of hydrogen-bond acceptors (Lipinski definition) is 4. The lowest BCUT2D eigenvalue weighted by atomic mass is 10.0. The van der Waals surface area contributed by atoms with Crippen molar-refractivity contribution in [3.63, 3.8) is 0 Å². The van der Waals surface area contributed by atoms with Crippen molar-refractivity contribution >= 4 is 27.8 Å². The second-order valence-electron chi connectivity index (χ2n) is 7.91. The molecule has 7 heteroatoms. The van der Waals surface area contributed by atoms with Crippen molar-refractivity contribution in [1.29, 1.82) is 0 Å². The number of benzene rings is 2. The van der Waals surface area contributed by atoms with Crippen LogP contribution in [0.2, 0.25) is 0 Å². The molecule has 0 radical (unpaired) electrons. The van der Waals surface area contributed by atoms with Gasteiger partial charge in [-0.15, -0.1) is 0 Å². The average molecular weight is 421 g/mol. The highest BCUT2D eigenvalue weighted by Gasteiger charge is 2.22. The molecule has 162 valence electrons. The van der Waals surface area contributed by atoms with E-state index in [2.05, 4.69) is 33.7 Å². The molecule has 0 spiro atoms. The lowest BCUT2D eigenvalue weighted by Gasteiger charge is -2.20. The highest BCUT2D eigenvalue weighted by atomic mass is 16.5. The fourth-order valence-electron chi connectivity index (χ4n) is 3.73. The first kappa shape index (κ1) is 20.9. The second-order valence-corrected chi connectivity index (χ2v) is 7.91. The molecule has 4 aromatic rings. The lowest BCUT2D eigenvalue weighted by molar-refractivity contribution is -0.124. The third-order valence-electron chi connectivity index (χ3n) is 5.35. The molecule has 0 aliphatic carbocycles. The summed E-state index contributed by atoms with van der Waals surface area (Å²) in [6.45, 7) is 5.45. The third-order valence-corrected chi connectivity index (χ3v) is 5.35. The van der Waals surface area contributed by atoms with Crippen LogP contribution in [-0.2, 0) is 16.1 Å². The van der Waals surface area contributed by atoms with Gasteiger partial charge in [0.25, 0.3) is 5.91 Å². The monoisotopic (exact) mass is 420 g/mol. The number of methoxy groups -OCH3 is 1. The molecule has 2 N–H and O–H groups in total. The van der Waals surface area contributed by atoms with Crippen LogP contribution in [0.1, 0.15) is 25.7 Å². The second kappa shape index (κ2) is 9.22. The first-order valence-corrected chi connectivity index (χ1v) is 10.5. The van der Waals surface area contributed by atoms with Crippen LogP contribution in [0.4, 0.5) is 0 Å². The number of nitrogens with one attached hydrogen (secondary N) is 2. The summed E-state index contributed by atoms with van der Waals surface area (Å²) in [5.74, 6) is 1.42. The Kier molecular flexibility index (Phi) is 6.23. The molecule has 0 saturated carbocycles. The molecule has 1 atom stereocenters. The summed E-state index contributed by atoms with van der Waals surface area (Å²) in [5, 5.41) is 4.04. The summed E-state index contributed by atoms with van der Waals surface area (Å²) >= 11 is 0. The van der Waals surface area contributed by atoms with Gasteiger partial charge in [0.05, 0.1) is 29.2 Å². The molecule has 2 aromatic carbocycles. The Morgan fingerprint density at radius 2 is 2.00 bits per heavy atom. The smallest absolute Gasteiger partial charge is 0.258 e. The predicted octanol–water partition coefficient (Wildman–Crippen LogP) is 4.06. The molecule has 2 aromatic heterocycles. The quantitative estimate of drug-likeness (QED) is 0.428. The number of rotatable bonds is 9. The Bertz CT molecular complexity index is 1140. The van der Waals surface area contributed by atoms with Crippen molar-refractivity contribution in [3.8, 4) is 5.75 Å². The van der Waals surface area contributed by atoms with Gasteiger partial charge >= 0.3 is 0 Å². The van der Waals surface area contributed by atoms with Gasteiger partial charge in [-0.1, -0.05) is 32.0 Å². The number of nitrogens with zero attached hydrogens (tertiary/aromatic N) is 2. The lowest BCUT2D eigenvalue weighted by Crippen LogP contribution is -2.35. The average Bonchev–Trinajstić information content (AvgIpc) is 3.38. The van der Waals surface area contributed by atoms with Crippen molar-refractivity contribution in [2.45, 2.75) is 26.4 Å². The molecule has 2 heterocycles. The summed E-state index contributed by atoms with van der Waals surface area (Å²) in [4.78, 5) is 20.7. The molecule has 7 nitrogen and oxygen atoms in total. The first-order chi connectivity index (χ1) is 15.1. The number of amides is 1. The number of fused-ring (bicyclic) bond motifs is 2. The molecule has 0 unspecified atom stereocenters. The van der Waals surface area contributed by atoms with E-state index in [9.17, 15) is 4.79 Å². The summed E-state index contributed by atoms with van der Waals surface area (Å²) in [5.41, 5.74) is 2.90. The first-order valence-electron chi connectivity index (χ1n) is 10.5.